The molecule has 0 aliphatic carbocycles. The summed E-state index contributed by atoms with van der Waals surface area (Å²) in [6.07, 6.45) is 11.2. The minimum atomic E-state index is 0.442. The molecule has 0 N–H and O–H groups in total. The summed E-state index contributed by atoms with van der Waals surface area (Å²) >= 11 is 1.55. The van der Waals surface area contributed by atoms with Gasteiger partial charge in [-0.15, -0.1) is 12.3 Å². The summed E-state index contributed by atoms with van der Waals surface area (Å²) in [7, 11) is 8.97. The van der Waals surface area contributed by atoms with Crippen LogP contribution in [0.1, 0.15) is 25.8 Å². The lowest BCUT2D eigenvalue weighted by Gasteiger charge is -2.12. The van der Waals surface area contributed by atoms with Crippen LogP contribution in [-0.2, 0) is 14.2 Å². The van der Waals surface area contributed by atoms with Gasteiger partial charge in [-0.2, -0.15) is 0 Å². The van der Waals surface area contributed by atoms with Gasteiger partial charge in [-0.25, -0.2) is 4.37 Å². The number of methoxy groups -OCH3 is 3. The van der Waals surface area contributed by atoms with E-state index in [2.05, 4.69) is 52.8 Å². The molecule has 0 amide bonds. The van der Waals surface area contributed by atoms with E-state index in [0.717, 1.165) is 17.9 Å². The molecule has 0 unspecified atom stereocenters. The molecular weight excluding hydrogens is 408 g/mol. The van der Waals surface area contributed by atoms with Crippen molar-refractivity contribution < 1.29 is 14.2 Å². The number of benzene rings is 1. The average Bonchev–Trinajstić information content (AvgIpc) is 3.20. The van der Waals surface area contributed by atoms with E-state index in [1.54, 1.807) is 39.8 Å². The first-order chi connectivity index (χ1) is 14.9. The van der Waals surface area contributed by atoms with Crippen LogP contribution in [0.25, 0.3) is 10.4 Å². The van der Waals surface area contributed by atoms with Crippen molar-refractivity contribution in [1.29, 1.82) is 0 Å². The van der Waals surface area contributed by atoms with Crippen molar-refractivity contribution in [1.82, 2.24) is 4.37 Å². The van der Waals surface area contributed by atoms with Crippen molar-refractivity contribution in [2.24, 2.45) is 0 Å². The second-order valence-electron chi connectivity index (χ2n) is 6.53. The number of ether oxygens (including phenoxy) is 3. The van der Waals surface area contributed by atoms with Gasteiger partial charge in [-0.1, -0.05) is 24.3 Å². The maximum Gasteiger partial charge on any atom is 0.159 e. The number of terminal acetylenes is 1. The summed E-state index contributed by atoms with van der Waals surface area (Å²) in [4.78, 5) is 3.36. The van der Waals surface area contributed by atoms with Gasteiger partial charge in [0.25, 0.3) is 0 Å². The third-order valence-electron chi connectivity index (χ3n) is 4.01. The van der Waals surface area contributed by atoms with Crippen molar-refractivity contribution in [3.63, 3.8) is 0 Å². The summed E-state index contributed by atoms with van der Waals surface area (Å²) in [5, 5.41) is 0. The molecule has 6 heteroatoms. The van der Waals surface area contributed by atoms with Gasteiger partial charge in [-0.3, -0.25) is 0 Å². The number of hydrogen-bond acceptors (Lipinski definition) is 6. The highest BCUT2D eigenvalue weighted by Crippen LogP contribution is 2.28. The van der Waals surface area contributed by atoms with Gasteiger partial charge >= 0.3 is 0 Å². The zero-order valence-electron chi connectivity index (χ0n) is 20.1. The first kappa shape index (κ1) is 28.2. The number of allylic oxidation sites excluding steroid dienone is 2. The van der Waals surface area contributed by atoms with Crippen molar-refractivity contribution >= 4 is 17.2 Å². The van der Waals surface area contributed by atoms with Gasteiger partial charge in [0, 0.05) is 39.5 Å². The van der Waals surface area contributed by atoms with Crippen molar-refractivity contribution in [3.8, 4) is 22.8 Å². The minimum Gasteiger partial charge on any atom is -0.497 e. The highest BCUT2D eigenvalue weighted by Gasteiger charge is 2.06. The molecule has 170 valence electrons. The van der Waals surface area contributed by atoms with E-state index < -0.39 is 0 Å². The molecule has 0 atom stereocenters. The molecule has 1 aromatic heterocycles. The Morgan fingerprint density at radius 1 is 1.13 bits per heavy atom. The molecule has 0 fully saturated rings. The molecular formula is C25H36N2O3S. The third-order valence-corrected chi connectivity index (χ3v) is 4.96. The van der Waals surface area contributed by atoms with E-state index in [0.29, 0.717) is 6.61 Å². The first-order valence-corrected chi connectivity index (χ1v) is 10.6. The highest BCUT2D eigenvalue weighted by atomic mass is 32.1. The monoisotopic (exact) mass is 444 g/mol. The number of nitrogens with zero attached hydrogens (tertiary/aromatic N) is 2. The van der Waals surface area contributed by atoms with E-state index in [1.807, 2.05) is 39.4 Å². The summed E-state index contributed by atoms with van der Waals surface area (Å²) in [5.41, 5.74) is 3.72. The Hall–Kier alpha value is -2.75. The van der Waals surface area contributed by atoms with Gasteiger partial charge in [0.15, 0.2) is 5.76 Å². The number of anilines is 1. The van der Waals surface area contributed by atoms with Crippen LogP contribution >= 0.6 is 11.5 Å². The maximum absolute atomic E-state index is 5.18. The van der Waals surface area contributed by atoms with Gasteiger partial charge < -0.3 is 19.1 Å². The van der Waals surface area contributed by atoms with Gasteiger partial charge in [0.2, 0.25) is 0 Å². The van der Waals surface area contributed by atoms with Crippen LogP contribution in [0.2, 0.25) is 0 Å². The van der Waals surface area contributed by atoms with Crippen molar-refractivity contribution in [3.05, 3.63) is 59.7 Å². The molecule has 0 saturated heterocycles. The van der Waals surface area contributed by atoms with E-state index in [9.17, 15) is 0 Å². The maximum atomic E-state index is 5.18. The zero-order chi connectivity index (χ0) is 23.6. The van der Waals surface area contributed by atoms with Crippen LogP contribution < -0.4 is 4.90 Å². The topological polar surface area (TPSA) is 43.8 Å². The van der Waals surface area contributed by atoms with Crippen LogP contribution in [0.3, 0.4) is 0 Å². The molecule has 0 saturated carbocycles. The number of aromatic nitrogens is 1. The third kappa shape index (κ3) is 10.7. The molecule has 0 radical (unpaired) electrons. The molecule has 31 heavy (non-hydrogen) atoms. The quantitative estimate of drug-likeness (QED) is 0.287. The number of aryl methyl sites for hydroxylation is 1. The molecule has 0 aliphatic rings. The SMILES string of the molecule is C#CC.C/C=C\C/C(OC)=C(\COC)OC.Cc1cnsc1-c1ccc(N(C)C)cc1. The lowest BCUT2D eigenvalue weighted by Crippen LogP contribution is -2.07. The Balaban J connectivity index is 0.000000521. The van der Waals surface area contributed by atoms with Gasteiger partial charge in [0.05, 0.1) is 19.1 Å². The van der Waals surface area contributed by atoms with E-state index in [-0.39, 0.29) is 0 Å². The van der Waals surface area contributed by atoms with Gasteiger partial charge in [0.1, 0.15) is 12.4 Å². The number of hydrogen-bond donors (Lipinski definition) is 0. The Bertz CT molecular complexity index is 831. The van der Waals surface area contributed by atoms with Crippen LogP contribution in [0.5, 0.6) is 0 Å². The Labute approximate surface area is 192 Å². The average molecular weight is 445 g/mol. The first-order valence-electron chi connectivity index (χ1n) is 9.86. The minimum absolute atomic E-state index is 0.442. The predicted octanol–water partition coefficient (Wildman–Crippen LogP) is 5.93. The predicted molar refractivity (Wildman–Crippen MR) is 133 cm³/mol. The van der Waals surface area contributed by atoms with Crippen molar-refractivity contribution in [2.45, 2.75) is 27.2 Å². The fraction of sp³-hybridized carbons (Fsp3) is 0.400. The molecule has 0 aliphatic heterocycles. The fourth-order valence-electron chi connectivity index (χ4n) is 2.40. The Morgan fingerprint density at radius 2 is 1.71 bits per heavy atom. The molecule has 2 rings (SSSR count). The standard InChI is InChI=1S/C12H14N2S.C10H18O3.C3H4/c1-9-8-13-15-12(9)10-4-6-11(7-5-10)14(2)3;1-5-6-7-9(12-3)10(13-4)8-11-2;1-3-2/h4-8H,1-3H3;5-6H,7-8H2,1-4H3;1H,2H3/b;6-5-,10-9-;. The molecule has 0 spiro atoms. The molecule has 0 bridgehead atoms. The highest BCUT2D eigenvalue weighted by molar-refractivity contribution is 7.09. The second kappa shape index (κ2) is 17.0. The Morgan fingerprint density at radius 3 is 2.10 bits per heavy atom. The van der Waals surface area contributed by atoms with Gasteiger partial charge in [-0.05, 0) is 55.6 Å². The number of rotatable bonds is 8. The second-order valence-corrected chi connectivity index (χ2v) is 7.33. The lowest BCUT2D eigenvalue weighted by molar-refractivity contribution is 0.136. The van der Waals surface area contributed by atoms with E-state index >= 15 is 0 Å². The Kier molecular flexibility index (Phi) is 15.5. The summed E-state index contributed by atoms with van der Waals surface area (Å²) in [6.45, 7) is 6.16. The smallest absolute Gasteiger partial charge is 0.159 e. The van der Waals surface area contributed by atoms with E-state index in [1.165, 1.54) is 21.7 Å². The molecule has 1 aromatic carbocycles. The molecule has 1 heterocycles. The largest absolute Gasteiger partial charge is 0.497 e. The molecule has 2 aromatic rings. The zero-order valence-corrected chi connectivity index (χ0v) is 20.9. The summed E-state index contributed by atoms with van der Waals surface area (Å²) in [5.74, 6) is 3.80. The summed E-state index contributed by atoms with van der Waals surface area (Å²) in [6, 6.07) is 8.56. The normalized spacial score (nSPS) is 10.7. The lowest BCUT2D eigenvalue weighted by atomic mass is 10.1. The molecule has 5 nitrogen and oxygen atoms in total. The van der Waals surface area contributed by atoms with E-state index in [4.69, 9.17) is 14.2 Å². The van der Waals surface area contributed by atoms with Crippen LogP contribution in [0.15, 0.2) is 54.1 Å². The van der Waals surface area contributed by atoms with Crippen LogP contribution in [-0.4, -0.2) is 46.4 Å². The van der Waals surface area contributed by atoms with Crippen molar-refractivity contribution in [2.75, 3.05) is 46.9 Å². The van der Waals surface area contributed by atoms with Crippen LogP contribution in [0, 0.1) is 19.3 Å². The fourth-order valence-corrected chi connectivity index (χ4v) is 3.15. The van der Waals surface area contributed by atoms with Crippen LogP contribution in [0.4, 0.5) is 5.69 Å². The summed E-state index contributed by atoms with van der Waals surface area (Å²) < 4.78 is 19.5.